The van der Waals surface area contributed by atoms with Crippen molar-refractivity contribution in [3.05, 3.63) is 59.7 Å². The number of esters is 1. The standard InChI is InChI=1S/C14H11F2NO4S/c1-21-14(18)10-7-13(12(16)8-11(10)15)17-22(19,20)9-5-3-2-4-6-9/h2-8,17H,1H3. The largest absolute Gasteiger partial charge is 0.465 e. The van der Waals surface area contributed by atoms with Crippen LogP contribution in [0.4, 0.5) is 14.5 Å². The molecule has 8 heteroatoms. The number of hydrogen-bond acceptors (Lipinski definition) is 4. The van der Waals surface area contributed by atoms with Crippen molar-refractivity contribution in [3.63, 3.8) is 0 Å². The van der Waals surface area contributed by atoms with Crippen molar-refractivity contribution < 1.29 is 26.7 Å². The number of nitrogens with one attached hydrogen (secondary N) is 1. The summed E-state index contributed by atoms with van der Waals surface area (Å²) in [7, 11) is -3.04. The van der Waals surface area contributed by atoms with Crippen LogP contribution >= 0.6 is 0 Å². The van der Waals surface area contributed by atoms with Gasteiger partial charge in [0.1, 0.15) is 11.6 Å². The molecule has 22 heavy (non-hydrogen) atoms. The smallest absolute Gasteiger partial charge is 0.340 e. The van der Waals surface area contributed by atoms with Crippen LogP contribution < -0.4 is 4.72 Å². The number of carbonyl (C=O) groups is 1. The first kappa shape index (κ1) is 15.9. The van der Waals surface area contributed by atoms with Crippen LogP contribution in [0.1, 0.15) is 10.4 Å². The summed E-state index contributed by atoms with van der Waals surface area (Å²) in [4.78, 5) is 11.3. The molecule has 2 rings (SSSR count). The molecule has 0 aliphatic rings. The van der Waals surface area contributed by atoms with Crippen LogP contribution in [-0.2, 0) is 14.8 Å². The number of sulfonamides is 1. The van der Waals surface area contributed by atoms with Crippen molar-refractivity contribution in [2.45, 2.75) is 4.90 Å². The molecule has 0 unspecified atom stereocenters. The van der Waals surface area contributed by atoms with E-state index in [0.29, 0.717) is 6.07 Å². The second-order valence-corrected chi connectivity index (χ2v) is 5.90. The van der Waals surface area contributed by atoms with Crippen molar-refractivity contribution in [3.8, 4) is 0 Å². The molecule has 0 aliphatic carbocycles. The van der Waals surface area contributed by atoms with Gasteiger partial charge < -0.3 is 4.74 Å². The Hall–Kier alpha value is -2.48. The molecule has 0 saturated heterocycles. The van der Waals surface area contributed by atoms with E-state index < -0.39 is 38.9 Å². The molecule has 1 N–H and O–H groups in total. The Morgan fingerprint density at radius 2 is 1.73 bits per heavy atom. The van der Waals surface area contributed by atoms with Gasteiger partial charge in [0.2, 0.25) is 0 Å². The molecule has 0 fully saturated rings. The van der Waals surface area contributed by atoms with E-state index in [-0.39, 0.29) is 4.90 Å². The lowest BCUT2D eigenvalue weighted by Gasteiger charge is -2.10. The average molecular weight is 327 g/mol. The van der Waals surface area contributed by atoms with Gasteiger partial charge in [0.15, 0.2) is 0 Å². The summed E-state index contributed by atoms with van der Waals surface area (Å²) in [5.74, 6) is -3.34. The predicted octanol–water partition coefficient (Wildman–Crippen LogP) is 2.55. The van der Waals surface area contributed by atoms with Gasteiger partial charge in [-0.15, -0.1) is 0 Å². The Labute approximate surface area is 125 Å². The summed E-state index contributed by atoms with van der Waals surface area (Å²) in [6.45, 7) is 0. The second kappa shape index (κ2) is 6.10. The van der Waals surface area contributed by atoms with Crippen molar-refractivity contribution in [2.75, 3.05) is 11.8 Å². The molecule has 0 aromatic heterocycles. The van der Waals surface area contributed by atoms with Crippen LogP contribution in [0.3, 0.4) is 0 Å². The van der Waals surface area contributed by atoms with E-state index in [1.807, 2.05) is 4.72 Å². The maximum atomic E-state index is 13.7. The van der Waals surface area contributed by atoms with Gasteiger partial charge >= 0.3 is 5.97 Å². The van der Waals surface area contributed by atoms with Crippen molar-refractivity contribution >= 4 is 21.7 Å². The average Bonchev–Trinajstić information content (AvgIpc) is 2.50. The molecule has 2 aromatic rings. The van der Waals surface area contributed by atoms with E-state index >= 15 is 0 Å². The lowest BCUT2D eigenvalue weighted by molar-refractivity contribution is 0.0595. The third-order valence-corrected chi connectivity index (χ3v) is 4.14. The summed E-state index contributed by atoms with van der Waals surface area (Å²) >= 11 is 0. The zero-order valence-corrected chi connectivity index (χ0v) is 12.2. The Morgan fingerprint density at radius 1 is 1.09 bits per heavy atom. The highest BCUT2D eigenvalue weighted by Gasteiger charge is 2.20. The molecule has 0 radical (unpaired) electrons. The third kappa shape index (κ3) is 3.22. The second-order valence-electron chi connectivity index (χ2n) is 4.22. The molecule has 0 heterocycles. The van der Waals surface area contributed by atoms with Gasteiger partial charge in [-0.25, -0.2) is 22.0 Å². The number of rotatable bonds is 4. The van der Waals surface area contributed by atoms with Crippen LogP contribution in [0, 0.1) is 11.6 Å². The Bertz CT molecular complexity index is 807. The normalized spacial score (nSPS) is 11.0. The van der Waals surface area contributed by atoms with E-state index in [1.54, 1.807) is 6.07 Å². The molecule has 0 saturated carbocycles. The fraction of sp³-hybridized carbons (Fsp3) is 0.0714. The number of ether oxygens (including phenoxy) is 1. The molecule has 0 bridgehead atoms. The van der Waals surface area contributed by atoms with E-state index in [9.17, 15) is 22.0 Å². The zero-order chi connectivity index (χ0) is 16.3. The Balaban J connectivity index is 2.44. The van der Waals surface area contributed by atoms with Crippen molar-refractivity contribution in [1.82, 2.24) is 0 Å². The third-order valence-electron chi connectivity index (χ3n) is 2.76. The quantitative estimate of drug-likeness (QED) is 0.876. The number of benzene rings is 2. The van der Waals surface area contributed by atoms with Crippen LogP contribution in [-0.4, -0.2) is 21.5 Å². The van der Waals surface area contributed by atoms with Crippen molar-refractivity contribution in [1.29, 1.82) is 0 Å². The number of halogens is 2. The maximum absolute atomic E-state index is 13.7. The fourth-order valence-electron chi connectivity index (χ4n) is 1.70. The molecular weight excluding hydrogens is 316 g/mol. The summed E-state index contributed by atoms with van der Waals surface area (Å²) < 4.78 is 57.8. The maximum Gasteiger partial charge on any atom is 0.340 e. The highest BCUT2D eigenvalue weighted by Crippen LogP contribution is 2.23. The van der Waals surface area contributed by atoms with Gasteiger partial charge in [0.25, 0.3) is 10.0 Å². The molecular formula is C14H11F2NO4S. The minimum atomic E-state index is -4.06. The summed E-state index contributed by atoms with van der Waals surface area (Å²) in [6.07, 6.45) is 0. The minimum absolute atomic E-state index is 0.0988. The molecule has 116 valence electrons. The minimum Gasteiger partial charge on any atom is -0.465 e. The summed E-state index contributed by atoms with van der Waals surface area (Å²) in [5, 5.41) is 0. The molecule has 0 amide bonds. The Kier molecular flexibility index (Phi) is 4.41. The van der Waals surface area contributed by atoms with Crippen molar-refractivity contribution in [2.24, 2.45) is 0 Å². The van der Waals surface area contributed by atoms with Gasteiger partial charge in [-0.3, -0.25) is 4.72 Å². The molecule has 2 aromatic carbocycles. The SMILES string of the molecule is COC(=O)c1cc(NS(=O)(=O)c2ccccc2)c(F)cc1F. The highest BCUT2D eigenvalue weighted by atomic mass is 32.2. The van der Waals surface area contributed by atoms with Crippen LogP contribution in [0.5, 0.6) is 0 Å². The fourth-order valence-corrected chi connectivity index (χ4v) is 2.78. The predicted molar refractivity (Wildman–Crippen MR) is 74.9 cm³/mol. The number of carbonyl (C=O) groups excluding carboxylic acids is 1. The Morgan fingerprint density at radius 3 is 2.32 bits per heavy atom. The highest BCUT2D eigenvalue weighted by molar-refractivity contribution is 7.92. The van der Waals surface area contributed by atoms with Gasteiger partial charge in [0, 0.05) is 6.07 Å². The zero-order valence-electron chi connectivity index (χ0n) is 11.3. The molecule has 0 aliphatic heterocycles. The summed E-state index contributed by atoms with van der Waals surface area (Å²) in [5.41, 5.74) is -1.12. The molecule has 0 atom stereocenters. The lowest BCUT2D eigenvalue weighted by Crippen LogP contribution is -2.15. The van der Waals surface area contributed by atoms with Gasteiger partial charge in [-0.05, 0) is 18.2 Å². The van der Waals surface area contributed by atoms with Crippen LogP contribution in [0.25, 0.3) is 0 Å². The van der Waals surface area contributed by atoms with Crippen LogP contribution in [0.15, 0.2) is 47.4 Å². The van der Waals surface area contributed by atoms with Crippen LogP contribution in [0.2, 0.25) is 0 Å². The number of hydrogen-bond donors (Lipinski definition) is 1. The van der Waals surface area contributed by atoms with E-state index in [4.69, 9.17) is 0 Å². The molecule has 0 spiro atoms. The van der Waals surface area contributed by atoms with E-state index in [2.05, 4.69) is 4.74 Å². The molecule has 5 nitrogen and oxygen atoms in total. The topological polar surface area (TPSA) is 72.5 Å². The first-order valence-corrected chi connectivity index (χ1v) is 7.48. The van der Waals surface area contributed by atoms with Gasteiger partial charge in [-0.2, -0.15) is 0 Å². The van der Waals surface area contributed by atoms with Gasteiger partial charge in [0.05, 0.1) is 23.3 Å². The van der Waals surface area contributed by atoms with E-state index in [0.717, 1.165) is 13.2 Å². The van der Waals surface area contributed by atoms with Gasteiger partial charge in [-0.1, -0.05) is 18.2 Å². The summed E-state index contributed by atoms with van der Waals surface area (Å²) in [6, 6.07) is 8.39. The first-order chi connectivity index (χ1) is 10.3. The van der Waals surface area contributed by atoms with E-state index in [1.165, 1.54) is 24.3 Å². The lowest BCUT2D eigenvalue weighted by atomic mass is 10.2. The monoisotopic (exact) mass is 327 g/mol. The number of methoxy groups -OCH3 is 1. The first-order valence-electron chi connectivity index (χ1n) is 6.00. The number of anilines is 1.